The Morgan fingerprint density at radius 2 is 2.23 bits per heavy atom. The highest BCUT2D eigenvalue weighted by Gasteiger charge is 2.27. The second kappa shape index (κ2) is 7.39. The first-order valence-electron chi connectivity index (χ1n) is 7.24. The summed E-state index contributed by atoms with van der Waals surface area (Å²) >= 11 is 5.74. The maximum Gasteiger partial charge on any atom is 0.255 e. The minimum atomic E-state index is -3.20. The molecule has 1 aromatic rings. The van der Waals surface area contributed by atoms with E-state index < -0.39 is 10.0 Å². The van der Waals surface area contributed by atoms with Crippen molar-refractivity contribution >= 4 is 27.5 Å². The summed E-state index contributed by atoms with van der Waals surface area (Å²) in [5.41, 5.74) is 0.507. The largest absolute Gasteiger partial charge is 0.336 e. The van der Waals surface area contributed by atoms with E-state index in [9.17, 15) is 13.2 Å². The Morgan fingerprint density at radius 1 is 1.45 bits per heavy atom. The van der Waals surface area contributed by atoms with Gasteiger partial charge in [0, 0.05) is 25.3 Å². The SMILES string of the molecule is CS(=O)(=O)NCCC1CCCCN1C(=O)c1ccc(Cl)nc1. The van der Waals surface area contributed by atoms with Crippen molar-refractivity contribution in [2.24, 2.45) is 0 Å². The van der Waals surface area contributed by atoms with Crippen molar-refractivity contribution in [3.05, 3.63) is 29.0 Å². The molecule has 1 atom stereocenters. The van der Waals surface area contributed by atoms with Gasteiger partial charge in [-0.15, -0.1) is 0 Å². The highest BCUT2D eigenvalue weighted by atomic mass is 35.5. The van der Waals surface area contributed by atoms with Gasteiger partial charge in [-0.05, 0) is 37.8 Å². The van der Waals surface area contributed by atoms with Gasteiger partial charge in [-0.25, -0.2) is 18.1 Å². The van der Waals surface area contributed by atoms with Gasteiger partial charge < -0.3 is 4.90 Å². The van der Waals surface area contributed by atoms with Crippen LogP contribution in [0.3, 0.4) is 0 Å². The first-order valence-corrected chi connectivity index (χ1v) is 9.51. The number of likely N-dealkylation sites (tertiary alicyclic amines) is 1. The maximum absolute atomic E-state index is 12.6. The normalized spacial score (nSPS) is 19.2. The fourth-order valence-electron chi connectivity index (χ4n) is 2.65. The van der Waals surface area contributed by atoms with Crippen LogP contribution in [-0.4, -0.2) is 49.6 Å². The van der Waals surface area contributed by atoms with Gasteiger partial charge in [0.2, 0.25) is 10.0 Å². The molecule has 2 heterocycles. The molecule has 2 rings (SSSR count). The van der Waals surface area contributed by atoms with Gasteiger partial charge in [-0.1, -0.05) is 11.6 Å². The van der Waals surface area contributed by atoms with Crippen molar-refractivity contribution in [3.8, 4) is 0 Å². The van der Waals surface area contributed by atoms with E-state index >= 15 is 0 Å². The summed E-state index contributed by atoms with van der Waals surface area (Å²) in [5, 5.41) is 0.351. The van der Waals surface area contributed by atoms with Gasteiger partial charge in [0.05, 0.1) is 11.8 Å². The van der Waals surface area contributed by atoms with E-state index in [4.69, 9.17) is 11.6 Å². The quantitative estimate of drug-likeness (QED) is 0.823. The lowest BCUT2D eigenvalue weighted by molar-refractivity contribution is 0.0603. The third-order valence-corrected chi connectivity index (χ3v) is 4.66. The average molecular weight is 346 g/mol. The number of pyridine rings is 1. The molecular weight excluding hydrogens is 326 g/mol. The fraction of sp³-hybridized carbons (Fsp3) is 0.571. The summed E-state index contributed by atoms with van der Waals surface area (Å²) in [5.74, 6) is -0.0757. The van der Waals surface area contributed by atoms with E-state index in [-0.39, 0.29) is 11.9 Å². The van der Waals surface area contributed by atoms with Crippen LogP contribution < -0.4 is 4.72 Å². The molecule has 0 saturated carbocycles. The minimum Gasteiger partial charge on any atom is -0.336 e. The van der Waals surface area contributed by atoms with Gasteiger partial charge >= 0.3 is 0 Å². The summed E-state index contributed by atoms with van der Waals surface area (Å²) in [4.78, 5) is 18.3. The number of piperidine rings is 1. The monoisotopic (exact) mass is 345 g/mol. The van der Waals surface area contributed by atoms with Crippen LogP contribution in [0, 0.1) is 0 Å². The van der Waals surface area contributed by atoms with E-state index in [2.05, 4.69) is 9.71 Å². The van der Waals surface area contributed by atoms with Crippen molar-refractivity contribution < 1.29 is 13.2 Å². The minimum absolute atomic E-state index is 0.0474. The van der Waals surface area contributed by atoms with Crippen LogP contribution in [0.5, 0.6) is 0 Å². The van der Waals surface area contributed by atoms with Crippen LogP contribution in [0.2, 0.25) is 5.15 Å². The second-order valence-corrected chi connectivity index (χ2v) is 7.69. The Morgan fingerprint density at radius 3 is 2.86 bits per heavy atom. The Hall–Kier alpha value is -1.18. The van der Waals surface area contributed by atoms with Crippen molar-refractivity contribution in [1.29, 1.82) is 0 Å². The standard InChI is InChI=1S/C14H20ClN3O3S/c1-22(20,21)17-8-7-12-4-2-3-9-18(12)14(19)11-5-6-13(15)16-10-11/h5-6,10,12,17H,2-4,7-9H2,1H3. The number of carbonyl (C=O) groups excluding carboxylic acids is 1. The van der Waals surface area contributed by atoms with Crippen molar-refractivity contribution in [2.45, 2.75) is 31.7 Å². The molecule has 0 radical (unpaired) electrons. The molecule has 0 aromatic carbocycles. The molecule has 1 saturated heterocycles. The highest BCUT2D eigenvalue weighted by molar-refractivity contribution is 7.88. The first kappa shape index (κ1) is 17.2. The number of nitrogens with zero attached hydrogens (tertiary/aromatic N) is 2. The molecule has 1 N–H and O–H groups in total. The van der Waals surface area contributed by atoms with E-state index in [1.54, 1.807) is 12.1 Å². The number of amides is 1. The molecule has 0 aliphatic carbocycles. The molecule has 1 aliphatic rings. The van der Waals surface area contributed by atoms with Gasteiger partial charge in [-0.3, -0.25) is 4.79 Å². The number of sulfonamides is 1. The zero-order valence-electron chi connectivity index (χ0n) is 12.5. The molecule has 1 aromatic heterocycles. The summed E-state index contributed by atoms with van der Waals surface area (Å²) in [6, 6.07) is 3.31. The molecular formula is C14H20ClN3O3S. The van der Waals surface area contributed by atoms with Crippen LogP contribution in [0.1, 0.15) is 36.0 Å². The molecule has 0 bridgehead atoms. The summed E-state index contributed by atoms with van der Waals surface area (Å²) in [7, 11) is -3.20. The van der Waals surface area contributed by atoms with Gasteiger partial charge in [-0.2, -0.15) is 0 Å². The van der Waals surface area contributed by atoms with Crippen molar-refractivity contribution in [3.63, 3.8) is 0 Å². The number of hydrogen-bond acceptors (Lipinski definition) is 4. The third-order valence-electron chi connectivity index (χ3n) is 3.70. The molecule has 6 nitrogen and oxygen atoms in total. The first-order chi connectivity index (χ1) is 10.4. The van der Waals surface area contributed by atoms with E-state index in [0.29, 0.717) is 30.2 Å². The van der Waals surface area contributed by atoms with E-state index in [1.807, 2.05) is 4.90 Å². The van der Waals surface area contributed by atoms with Crippen molar-refractivity contribution in [2.75, 3.05) is 19.3 Å². The summed E-state index contributed by atoms with van der Waals surface area (Å²) in [6.45, 7) is 1.02. The van der Waals surface area contributed by atoms with E-state index in [0.717, 1.165) is 25.5 Å². The van der Waals surface area contributed by atoms with Crippen LogP contribution in [0.25, 0.3) is 0 Å². The van der Waals surface area contributed by atoms with Crippen molar-refractivity contribution in [1.82, 2.24) is 14.6 Å². The summed E-state index contributed by atoms with van der Waals surface area (Å²) in [6.07, 6.45) is 6.12. The lowest BCUT2D eigenvalue weighted by Crippen LogP contribution is -2.45. The van der Waals surface area contributed by atoms with Crippen LogP contribution in [0.15, 0.2) is 18.3 Å². The van der Waals surface area contributed by atoms with Gasteiger partial charge in [0.15, 0.2) is 0 Å². The zero-order valence-corrected chi connectivity index (χ0v) is 14.0. The molecule has 0 spiro atoms. The smallest absolute Gasteiger partial charge is 0.255 e. The number of halogens is 1. The lowest BCUT2D eigenvalue weighted by Gasteiger charge is -2.36. The predicted molar refractivity (Wildman–Crippen MR) is 85.4 cm³/mol. The summed E-state index contributed by atoms with van der Waals surface area (Å²) < 4.78 is 24.7. The number of rotatable bonds is 5. The van der Waals surface area contributed by atoms with Crippen LogP contribution in [0.4, 0.5) is 0 Å². The van der Waals surface area contributed by atoms with E-state index in [1.165, 1.54) is 6.20 Å². The average Bonchev–Trinajstić information content (AvgIpc) is 2.46. The van der Waals surface area contributed by atoms with Gasteiger partial charge in [0.1, 0.15) is 5.15 Å². The molecule has 8 heteroatoms. The molecule has 1 fully saturated rings. The third kappa shape index (κ3) is 4.93. The molecule has 22 heavy (non-hydrogen) atoms. The number of hydrogen-bond donors (Lipinski definition) is 1. The van der Waals surface area contributed by atoms with Crippen LogP contribution >= 0.6 is 11.6 Å². The molecule has 122 valence electrons. The molecule has 1 aliphatic heterocycles. The van der Waals surface area contributed by atoms with Crippen LogP contribution in [-0.2, 0) is 10.0 Å². The number of aromatic nitrogens is 1. The lowest BCUT2D eigenvalue weighted by atomic mass is 9.98. The highest BCUT2D eigenvalue weighted by Crippen LogP contribution is 2.22. The predicted octanol–water partition coefficient (Wildman–Crippen LogP) is 1.67. The fourth-order valence-corrected chi connectivity index (χ4v) is 3.25. The number of nitrogens with one attached hydrogen (secondary N) is 1. The van der Waals surface area contributed by atoms with Gasteiger partial charge in [0.25, 0.3) is 5.91 Å². The number of carbonyl (C=O) groups is 1. The Bertz CT molecular complexity index is 619. The maximum atomic E-state index is 12.6. The zero-order chi connectivity index (χ0) is 16.2. The molecule has 1 unspecified atom stereocenters. The Kier molecular flexibility index (Phi) is 5.77. The molecule has 1 amide bonds. The second-order valence-electron chi connectivity index (χ2n) is 5.47. The Labute approximate surface area is 135 Å². The topological polar surface area (TPSA) is 79.4 Å². The Balaban J connectivity index is 2.02.